The summed E-state index contributed by atoms with van der Waals surface area (Å²) in [4.78, 5) is 12.8. The summed E-state index contributed by atoms with van der Waals surface area (Å²) >= 11 is 0.171. The minimum atomic E-state index is -4.02. The predicted octanol–water partition coefficient (Wildman–Crippen LogP) is 5.78. The van der Waals surface area contributed by atoms with E-state index in [0.717, 1.165) is 29.7 Å². The monoisotopic (exact) mass is 594 g/mol. The number of ketones is 1. The van der Waals surface area contributed by atoms with E-state index in [1.165, 1.54) is 57.1 Å². The van der Waals surface area contributed by atoms with E-state index >= 15 is 0 Å². The number of allylic oxidation sites excluding steroid dienone is 2. The summed E-state index contributed by atoms with van der Waals surface area (Å²) in [6, 6.07) is 5.99. The van der Waals surface area contributed by atoms with Crippen molar-refractivity contribution >= 4 is 35.6 Å². The van der Waals surface area contributed by atoms with E-state index in [-0.39, 0.29) is 25.3 Å². The normalized spacial score (nSPS) is 36.7. The van der Waals surface area contributed by atoms with Gasteiger partial charge in [0.2, 0.25) is 0 Å². The van der Waals surface area contributed by atoms with Gasteiger partial charge in [-0.05, 0) is 19.1 Å². The maximum absolute atomic E-state index is 12.2. The largest absolute Gasteiger partial charge is 0.294 e. The van der Waals surface area contributed by atoms with Gasteiger partial charge in [0, 0.05) is 0 Å². The zero-order valence-electron chi connectivity index (χ0n) is 22.5. The Hall–Kier alpha value is -1.47. The summed E-state index contributed by atoms with van der Waals surface area (Å²) in [7, 11) is -4.02. The number of benzene rings is 1. The first-order valence-electron chi connectivity index (χ1n) is 13.5. The molecule has 204 valence electrons. The molecule has 1 aromatic carbocycles. The summed E-state index contributed by atoms with van der Waals surface area (Å²) < 4.78 is 30.0. The van der Waals surface area contributed by atoms with Gasteiger partial charge in [0.25, 0.3) is 10.1 Å². The van der Waals surface area contributed by atoms with E-state index in [9.17, 15) is 13.2 Å². The van der Waals surface area contributed by atoms with Gasteiger partial charge in [-0.15, -0.1) is 0 Å². The molecule has 6 nitrogen and oxygen atoms in total. The molecule has 37 heavy (non-hydrogen) atoms. The van der Waals surface area contributed by atoms with Crippen LogP contribution in [0.1, 0.15) is 77.7 Å². The second kappa shape index (κ2) is 10.6. The minimum absolute atomic E-state index is 0.0666. The molecule has 7 unspecified atom stereocenters. The number of fused-ring (bicyclic) bond motifs is 5. The van der Waals surface area contributed by atoms with Crippen LogP contribution in [0.2, 0.25) is 4.82 Å². The van der Waals surface area contributed by atoms with E-state index in [1.54, 1.807) is 17.7 Å². The van der Waals surface area contributed by atoms with Crippen LogP contribution in [-0.2, 0) is 14.9 Å². The number of nitrogens with two attached hydrogens (primary N) is 1. The van der Waals surface area contributed by atoms with Crippen molar-refractivity contribution < 1.29 is 17.8 Å². The predicted molar refractivity (Wildman–Crippen MR) is 148 cm³/mol. The molecule has 3 saturated carbocycles. The van der Waals surface area contributed by atoms with Gasteiger partial charge < -0.3 is 0 Å². The molecular formula is C29H42N2O4SSe. The van der Waals surface area contributed by atoms with Gasteiger partial charge in [-0.3, -0.25) is 4.55 Å². The number of nitrogens with one attached hydrogen (secondary N) is 1. The third kappa shape index (κ3) is 5.63. The van der Waals surface area contributed by atoms with Crippen LogP contribution < -0.4 is 5.73 Å². The molecule has 0 amide bonds. The molecule has 4 aliphatic carbocycles. The van der Waals surface area contributed by atoms with Gasteiger partial charge in [-0.25, -0.2) is 0 Å². The number of carbonyl (C=O) groups is 1. The van der Waals surface area contributed by atoms with Crippen LogP contribution >= 0.6 is 0 Å². The van der Waals surface area contributed by atoms with Crippen LogP contribution in [0.4, 0.5) is 0 Å². The number of Topliss-reactive ketones (excluding diaryl/α,β-unsaturated/α-hetero) is 1. The molecule has 0 radical (unpaired) electrons. The van der Waals surface area contributed by atoms with Crippen molar-refractivity contribution in [2.45, 2.75) is 88.8 Å². The number of aryl methyl sites for hydroxylation is 1. The number of rotatable bonds is 4. The van der Waals surface area contributed by atoms with Gasteiger partial charge >= 0.3 is 165 Å². The van der Waals surface area contributed by atoms with Crippen LogP contribution in [0.5, 0.6) is 0 Å². The molecule has 1 aromatic rings. The zero-order valence-corrected chi connectivity index (χ0v) is 25.0. The topological polar surface area (TPSA) is 121 Å². The van der Waals surface area contributed by atoms with E-state index < -0.39 is 10.1 Å². The Kier molecular flexibility index (Phi) is 8.17. The Morgan fingerprint density at radius 1 is 1.08 bits per heavy atom. The fourth-order valence-corrected chi connectivity index (χ4v) is 10.6. The average molecular weight is 594 g/mol. The molecule has 8 heteroatoms. The van der Waals surface area contributed by atoms with E-state index in [1.807, 2.05) is 13.8 Å². The SMILES string of the molecule is CC(=O)C1CCC2C3CC=C4CC([Se]C(=N)N)CCC4(C)C3CCC12C.Cc1ccc(S(=O)(=O)O)cc1. The van der Waals surface area contributed by atoms with Crippen LogP contribution in [0.25, 0.3) is 0 Å². The minimum Gasteiger partial charge on any atom is -0.282 e. The molecule has 0 aromatic heterocycles. The van der Waals surface area contributed by atoms with Crippen LogP contribution in [0.3, 0.4) is 0 Å². The van der Waals surface area contributed by atoms with Crippen molar-refractivity contribution in [3.8, 4) is 0 Å². The second-order valence-corrected chi connectivity index (χ2v) is 16.4. The van der Waals surface area contributed by atoms with Crippen molar-refractivity contribution in [2.75, 3.05) is 0 Å². The molecule has 0 spiro atoms. The zero-order chi connectivity index (χ0) is 27.2. The summed E-state index contributed by atoms with van der Waals surface area (Å²) in [5.74, 6) is 3.06. The Balaban J connectivity index is 0.000000245. The van der Waals surface area contributed by atoms with Crippen molar-refractivity contribution in [1.29, 1.82) is 5.41 Å². The fourth-order valence-electron chi connectivity index (χ4n) is 8.29. The first kappa shape index (κ1) is 28.5. The maximum atomic E-state index is 12.2. The molecule has 7 atom stereocenters. The first-order valence-corrected chi connectivity index (χ1v) is 16.8. The molecule has 4 aliphatic rings. The van der Waals surface area contributed by atoms with Crippen LogP contribution in [0, 0.1) is 46.8 Å². The molecule has 0 aliphatic heterocycles. The van der Waals surface area contributed by atoms with Gasteiger partial charge in [-0.2, -0.15) is 8.42 Å². The Bertz CT molecular complexity index is 1180. The van der Waals surface area contributed by atoms with Crippen molar-refractivity contribution in [1.82, 2.24) is 0 Å². The smallest absolute Gasteiger partial charge is 0.282 e. The standard InChI is InChI=1S/C22H34N2OSe.C7H8O3S/c1-13(25)17-6-7-18-16-5-4-14-12-15(26-20(23)24)8-10-21(14,2)19(16)9-11-22(17,18)3;1-6-2-4-7(5-3-6)11(8,9)10/h4,15-19H,5-12H2,1-3H3,(H3,23,24);2-5H,1H3,(H,8,9,10). The molecule has 5 rings (SSSR count). The average Bonchev–Trinajstić information content (AvgIpc) is 3.17. The van der Waals surface area contributed by atoms with E-state index in [4.69, 9.17) is 15.7 Å². The van der Waals surface area contributed by atoms with Gasteiger partial charge in [0.05, 0.1) is 4.90 Å². The van der Waals surface area contributed by atoms with Crippen molar-refractivity contribution in [3.63, 3.8) is 0 Å². The first-order chi connectivity index (χ1) is 17.3. The van der Waals surface area contributed by atoms with Crippen molar-refractivity contribution in [3.05, 3.63) is 41.5 Å². The maximum Gasteiger partial charge on any atom is 0.294 e. The van der Waals surface area contributed by atoms with E-state index in [0.29, 0.717) is 26.7 Å². The number of amidine groups is 1. The Morgan fingerprint density at radius 2 is 1.76 bits per heavy atom. The third-order valence-electron chi connectivity index (χ3n) is 10.2. The fraction of sp³-hybridized carbons (Fsp3) is 0.655. The molecule has 0 bridgehead atoms. The van der Waals surface area contributed by atoms with Crippen LogP contribution in [0.15, 0.2) is 40.8 Å². The van der Waals surface area contributed by atoms with Crippen molar-refractivity contribution in [2.24, 2.45) is 40.2 Å². The Labute approximate surface area is 228 Å². The number of carbonyl (C=O) groups excluding carboxylic acids is 1. The molecule has 0 saturated heterocycles. The summed E-state index contributed by atoms with van der Waals surface area (Å²) in [5, 5.41) is 7.67. The summed E-state index contributed by atoms with van der Waals surface area (Å²) in [5.41, 5.74) is 8.96. The number of hydrogen-bond donors (Lipinski definition) is 3. The van der Waals surface area contributed by atoms with Gasteiger partial charge in [-0.1, -0.05) is 17.7 Å². The molecule has 3 fully saturated rings. The quantitative estimate of drug-likeness (QED) is 0.134. The van der Waals surface area contributed by atoms with Crippen LogP contribution in [-0.4, -0.2) is 38.4 Å². The Morgan fingerprint density at radius 3 is 2.35 bits per heavy atom. The summed E-state index contributed by atoms with van der Waals surface area (Å²) in [6.45, 7) is 8.63. The molecule has 0 heterocycles. The van der Waals surface area contributed by atoms with Gasteiger partial charge in [0.1, 0.15) is 0 Å². The number of hydrogen-bond acceptors (Lipinski definition) is 4. The van der Waals surface area contributed by atoms with Gasteiger partial charge in [0.15, 0.2) is 0 Å². The summed E-state index contributed by atoms with van der Waals surface area (Å²) in [6.07, 6.45) is 12.4. The molecular weight excluding hydrogens is 551 g/mol. The molecule has 4 N–H and O–H groups in total. The third-order valence-corrected chi connectivity index (χ3v) is 13.1. The second-order valence-electron chi connectivity index (χ2n) is 12.2. The van der Waals surface area contributed by atoms with E-state index in [2.05, 4.69) is 19.9 Å².